The number of carbonyl (C=O) groups is 1. The molecule has 0 aliphatic carbocycles. The van der Waals surface area contributed by atoms with Gasteiger partial charge in [-0.3, -0.25) is 0 Å². The van der Waals surface area contributed by atoms with Crippen molar-refractivity contribution in [3.63, 3.8) is 0 Å². The summed E-state index contributed by atoms with van der Waals surface area (Å²) in [7, 11) is 1.40. The van der Waals surface area contributed by atoms with E-state index in [-0.39, 0.29) is 12.0 Å². The smallest absolute Gasteiger partial charge is 0.340 e. The lowest BCUT2D eigenvalue weighted by Gasteiger charge is -2.25. The summed E-state index contributed by atoms with van der Waals surface area (Å²) in [5.74, 6) is -0.360. The molecule has 0 radical (unpaired) electrons. The van der Waals surface area contributed by atoms with Crippen molar-refractivity contribution in [2.75, 3.05) is 17.3 Å². The average molecular weight is 423 g/mol. The molecule has 0 fully saturated rings. The third kappa shape index (κ3) is 4.04. The van der Waals surface area contributed by atoms with Crippen LogP contribution in [-0.2, 0) is 17.6 Å². The van der Waals surface area contributed by atoms with Crippen molar-refractivity contribution >= 4 is 45.3 Å². The first-order valence-corrected chi connectivity index (χ1v) is 10.7. The number of anilines is 2. The third-order valence-electron chi connectivity index (χ3n) is 5.06. The molecule has 1 atom stereocenters. The van der Waals surface area contributed by atoms with Crippen LogP contribution in [-0.4, -0.2) is 24.2 Å². The van der Waals surface area contributed by atoms with Gasteiger partial charge in [-0.25, -0.2) is 4.79 Å². The molecule has 1 aliphatic heterocycles. The van der Waals surface area contributed by atoms with Gasteiger partial charge in [-0.2, -0.15) is 0 Å². The number of hydrogen-bond acceptors (Lipinski definition) is 4. The summed E-state index contributed by atoms with van der Waals surface area (Å²) >= 11 is 7.28. The monoisotopic (exact) mass is 422 g/mol. The minimum absolute atomic E-state index is 0.262. The first-order valence-electron chi connectivity index (χ1n) is 9.50. The Morgan fingerprint density at radius 1 is 1.21 bits per heavy atom. The van der Waals surface area contributed by atoms with E-state index < -0.39 is 0 Å². The van der Waals surface area contributed by atoms with Gasteiger partial charge in [0, 0.05) is 23.0 Å². The number of nitrogens with one attached hydrogen (secondary N) is 1. The van der Waals surface area contributed by atoms with Crippen LogP contribution in [0.4, 0.5) is 10.7 Å². The molecule has 6 heteroatoms. The maximum Gasteiger partial charge on any atom is 0.340 e. The van der Waals surface area contributed by atoms with Crippen molar-refractivity contribution in [1.82, 2.24) is 0 Å². The minimum atomic E-state index is -0.360. The number of para-hydroxylation sites is 1. The molecule has 0 saturated carbocycles. The maximum atomic E-state index is 12.4. The number of hydrogen-bond donors (Lipinski definition) is 1. The van der Waals surface area contributed by atoms with Crippen molar-refractivity contribution in [3.05, 3.63) is 82.2 Å². The number of methoxy groups -OCH3 is 1. The van der Waals surface area contributed by atoms with Gasteiger partial charge in [0.2, 0.25) is 0 Å². The Morgan fingerprint density at radius 3 is 2.69 bits per heavy atom. The number of benzene rings is 2. The van der Waals surface area contributed by atoms with Gasteiger partial charge in [0.1, 0.15) is 5.00 Å². The minimum Gasteiger partial charge on any atom is -0.465 e. The molecule has 148 valence electrons. The van der Waals surface area contributed by atoms with E-state index in [4.69, 9.17) is 17.0 Å². The highest BCUT2D eigenvalue weighted by Crippen LogP contribution is 2.35. The van der Waals surface area contributed by atoms with Gasteiger partial charge in [-0.05, 0) is 48.8 Å². The number of fused-ring (bicyclic) bond motifs is 1. The van der Waals surface area contributed by atoms with Crippen molar-refractivity contribution in [2.24, 2.45) is 0 Å². The Labute approximate surface area is 180 Å². The second-order valence-electron chi connectivity index (χ2n) is 7.09. The summed E-state index contributed by atoms with van der Waals surface area (Å²) < 4.78 is 5.00. The first-order chi connectivity index (χ1) is 14.1. The molecular formula is C23H22N2O2S2. The maximum absolute atomic E-state index is 12.4. The van der Waals surface area contributed by atoms with E-state index >= 15 is 0 Å². The molecule has 0 saturated heterocycles. The van der Waals surface area contributed by atoms with Gasteiger partial charge < -0.3 is 15.0 Å². The predicted octanol–water partition coefficient (Wildman–Crippen LogP) is 5.27. The van der Waals surface area contributed by atoms with E-state index in [1.165, 1.54) is 18.2 Å². The molecule has 0 bridgehead atoms. The quantitative estimate of drug-likeness (QED) is 0.458. The number of ether oxygens (including phenoxy) is 1. The standard InChI is InChI=1S/C23H22N2O2S2/c1-15-12-17-10-6-7-11-20(17)25(15)23(28)24-21-19(22(26)27-2)14-18(29-21)13-16-8-4-3-5-9-16/h3-11,14-15H,12-13H2,1-2H3,(H,24,28). The lowest BCUT2D eigenvalue weighted by Crippen LogP contribution is -2.38. The Hall–Kier alpha value is -2.70. The Morgan fingerprint density at radius 2 is 1.93 bits per heavy atom. The number of thiocarbonyl (C=S) groups is 1. The molecule has 4 nitrogen and oxygen atoms in total. The fourth-order valence-corrected chi connectivity index (χ4v) is 5.24. The Bertz CT molecular complexity index is 1050. The van der Waals surface area contributed by atoms with Crippen molar-refractivity contribution in [2.45, 2.75) is 25.8 Å². The van der Waals surface area contributed by atoms with Gasteiger partial charge in [-0.1, -0.05) is 48.5 Å². The van der Waals surface area contributed by atoms with Gasteiger partial charge in [0.15, 0.2) is 5.11 Å². The molecule has 2 aromatic carbocycles. The summed E-state index contributed by atoms with van der Waals surface area (Å²) in [6.45, 7) is 2.16. The molecule has 4 rings (SSSR count). The molecule has 3 aromatic rings. The van der Waals surface area contributed by atoms with Gasteiger partial charge >= 0.3 is 5.97 Å². The van der Waals surface area contributed by atoms with Crippen LogP contribution in [0.15, 0.2) is 60.7 Å². The van der Waals surface area contributed by atoms with Gasteiger partial charge in [0.05, 0.1) is 12.7 Å². The topological polar surface area (TPSA) is 41.6 Å². The van der Waals surface area contributed by atoms with Crippen LogP contribution in [0.1, 0.15) is 33.3 Å². The lowest BCUT2D eigenvalue weighted by atomic mass is 10.1. The van der Waals surface area contributed by atoms with Crippen LogP contribution >= 0.6 is 23.6 Å². The van der Waals surface area contributed by atoms with E-state index in [0.717, 1.165) is 28.4 Å². The van der Waals surface area contributed by atoms with Gasteiger partial charge in [-0.15, -0.1) is 11.3 Å². The molecule has 1 aromatic heterocycles. The first kappa shape index (κ1) is 19.6. The van der Waals surface area contributed by atoms with Crippen molar-refractivity contribution in [3.8, 4) is 0 Å². The molecule has 0 spiro atoms. The summed E-state index contributed by atoms with van der Waals surface area (Å²) in [4.78, 5) is 15.6. The number of carbonyl (C=O) groups excluding carboxylic acids is 1. The number of esters is 1. The molecule has 1 unspecified atom stereocenters. The van der Waals surface area contributed by atoms with Crippen LogP contribution in [0.25, 0.3) is 0 Å². The second kappa shape index (κ2) is 8.35. The fraction of sp³-hybridized carbons (Fsp3) is 0.217. The van der Waals surface area contributed by atoms with Crippen LogP contribution in [0, 0.1) is 0 Å². The van der Waals surface area contributed by atoms with Crippen LogP contribution in [0.5, 0.6) is 0 Å². The summed E-state index contributed by atoms with van der Waals surface area (Å²) in [5, 5.41) is 4.64. The zero-order valence-electron chi connectivity index (χ0n) is 16.3. The molecule has 1 aliphatic rings. The summed E-state index contributed by atoms with van der Waals surface area (Å²) in [6, 6.07) is 20.7. The fourth-order valence-electron chi connectivity index (χ4n) is 3.71. The van der Waals surface area contributed by atoms with E-state index in [9.17, 15) is 4.79 Å². The molecule has 0 amide bonds. The van der Waals surface area contributed by atoms with Crippen LogP contribution < -0.4 is 10.2 Å². The highest BCUT2D eigenvalue weighted by atomic mass is 32.1. The number of nitrogens with zero attached hydrogens (tertiary/aromatic N) is 1. The van der Waals surface area contributed by atoms with E-state index in [0.29, 0.717) is 10.7 Å². The van der Waals surface area contributed by atoms with E-state index in [1.54, 1.807) is 11.3 Å². The SMILES string of the molecule is COC(=O)c1cc(Cc2ccccc2)sc1NC(=S)N1c2ccccc2CC1C. The van der Waals surface area contributed by atoms with E-state index in [1.807, 2.05) is 30.3 Å². The van der Waals surface area contributed by atoms with Gasteiger partial charge in [0.25, 0.3) is 0 Å². The normalized spacial score (nSPS) is 15.1. The van der Waals surface area contributed by atoms with Crippen molar-refractivity contribution < 1.29 is 9.53 Å². The largest absolute Gasteiger partial charge is 0.465 e. The molecule has 2 heterocycles. The molecular weight excluding hydrogens is 400 g/mol. The Balaban J connectivity index is 1.60. The highest BCUT2D eigenvalue weighted by molar-refractivity contribution is 7.80. The zero-order valence-corrected chi connectivity index (χ0v) is 18.0. The van der Waals surface area contributed by atoms with E-state index in [2.05, 4.69) is 47.5 Å². The zero-order chi connectivity index (χ0) is 20.4. The molecule has 29 heavy (non-hydrogen) atoms. The number of thiophene rings is 1. The second-order valence-corrected chi connectivity index (χ2v) is 8.61. The highest BCUT2D eigenvalue weighted by Gasteiger charge is 2.29. The third-order valence-corrected chi connectivity index (χ3v) is 6.41. The predicted molar refractivity (Wildman–Crippen MR) is 123 cm³/mol. The van der Waals surface area contributed by atoms with Crippen molar-refractivity contribution in [1.29, 1.82) is 0 Å². The molecule has 1 N–H and O–H groups in total. The Kier molecular flexibility index (Phi) is 5.65. The summed E-state index contributed by atoms with van der Waals surface area (Å²) in [5.41, 5.74) is 4.12. The van der Waals surface area contributed by atoms with Crippen LogP contribution in [0.2, 0.25) is 0 Å². The lowest BCUT2D eigenvalue weighted by molar-refractivity contribution is 0.0602. The average Bonchev–Trinajstić information content (AvgIpc) is 3.27. The number of rotatable bonds is 4. The van der Waals surface area contributed by atoms with Crippen LogP contribution in [0.3, 0.4) is 0 Å². The summed E-state index contributed by atoms with van der Waals surface area (Å²) in [6.07, 6.45) is 1.71.